The smallest absolute Gasteiger partial charge is 0.136 e. The second-order valence-electron chi connectivity index (χ2n) is 12.2. The number of nitrogens with zero attached hydrogens (tertiary/aromatic N) is 1. The first-order chi connectivity index (χ1) is 22.7. The highest BCUT2D eigenvalue weighted by Crippen LogP contribution is 2.48. The molecule has 0 amide bonds. The normalized spacial score (nSPS) is 13.8. The first-order valence-corrected chi connectivity index (χ1v) is 15.7. The molecule has 0 N–H and O–H groups in total. The molecule has 1 aliphatic rings. The summed E-state index contributed by atoms with van der Waals surface area (Å²) in [6, 6.07) is 46.0. The minimum absolute atomic E-state index is 0.921. The quantitative estimate of drug-likeness (QED) is 0.202. The molecule has 0 bridgehead atoms. The summed E-state index contributed by atoms with van der Waals surface area (Å²) in [5.41, 5.74) is 12.4. The van der Waals surface area contributed by atoms with Crippen LogP contribution in [0.3, 0.4) is 0 Å². The van der Waals surface area contributed by atoms with Gasteiger partial charge < -0.3 is 8.98 Å². The fraction of sp³-hybridized carbons (Fsp3) is 0. The molecule has 0 saturated carbocycles. The lowest BCUT2D eigenvalue weighted by atomic mass is 9.94. The Labute approximate surface area is 265 Å². The third-order valence-corrected chi connectivity index (χ3v) is 9.85. The van der Waals surface area contributed by atoms with Crippen LogP contribution in [-0.4, -0.2) is 4.57 Å². The summed E-state index contributed by atoms with van der Waals surface area (Å²) in [6.07, 6.45) is 3.92. The molecular formula is C44H27NO. The van der Waals surface area contributed by atoms with Gasteiger partial charge in [0, 0.05) is 27.2 Å². The van der Waals surface area contributed by atoms with Gasteiger partial charge in [0.25, 0.3) is 0 Å². The van der Waals surface area contributed by atoms with E-state index in [1.54, 1.807) is 0 Å². The van der Waals surface area contributed by atoms with Crippen molar-refractivity contribution in [3.8, 4) is 16.8 Å². The molecule has 1 aliphatic carbocycles. The minimum atomic E-state index is 0.921. The van der Waals surface area contributed by atoms with Crippen LogP contribution in [0, 0.1) is 0 Å². The summed E-state index contributed by atoms with van der Waals surface area (Å²) < 4.78 is 8.66. The third-order valence-electron chi connectivity index (χ3n) is 9.85. The zero-order valence-electron chi connectivity index (χ0n) is 25.0. The van der Waals surface area contributed by atoms with Gasteiger partial charge in [-0.3, -0.25) is 0 Å². The van der Waals surface area contributed by atoms with E-state index in [2.05, 4.69) is 139 Å². The second kappa shape index (κ2) is 9.20. The maximum Gasteiger partial charge on any atom is 0.136 e. The monoisotopic (exact) mass is 585 g/mol. The van der Waals surface area contributed by atoms with Crippen LogP contribution in [0.5, 0.6) is 0 Å². The van der Waals surface area contributed by atoms with E-state index >= 15 is 0 Å². The van der Waals surface area contributed by atoms with E-state index in [9.17, 15) is 0 Å². The van der Waals surface area contributed by atoms with Crippen LogP contribution in [0.1, 0.15) is 11.1 Å². The van der Waals surface area contributed by atoms with Crippen molar-refractivity contribution in [1.82, 2.24) is 4.57 Å². The van der Waals surface area contributed by atoms with E-state index in [-0.39, 0.29) is 0 Å². The Morgan fingerprint density at radius 1 is 0.522 bits per heavy atom. The van der Waals surface area contributed by atoms with Crippen molar-refractivity contribution < 1.29 is 4.42 Å². The van der Waals surface area contributed by atoms with Crippen LogP contribution in [0.4, 0.5) is 0 Å². The summed E-state index contributed by atoms with van der Waals surface area (Å²) >= 11 is 0. The summed E-state index contributed by atoms with van der Waals surface area (Å²) in [4.78, 5) is 0. The lowest BCUT2D eigenvalue weighted by Crippen LogP contribution is -1.94. The average Bonchev–Trinajstić information content (AvgIpc) is 3.74. The minimum Gasteiger partial charge on any atom is -0.456 e. The fourth-order valence-corrected chi connectivity index (χ4v) is 7.94. The molecule has 0 radical (unpaired) electrons. The molecule has 46 heavy (non-hydrogen) atoms. The lowest BCUT2D eigenvalue weighted by molar-refractivity contribution is 0.669. The van der Waals surface area contributed by atoms with Crippen molar-refractivity contribution in [3.63, 3.8) is 0 Å². The van der Waals surface area contributed by atoms with Crippen LogP contribution in [0.25, 0.3) is 93.2 Å². The Morgan fingerprint density at radius 3 is 2.20 bits per heavy atom. The SMILES string of the molecule is C=C/C=C1\C(=C)c2cccc3c(-c4cccc(-n5c6ccccc6c6c7ccc8oc9ccccc9c8c7ccc65)c4)ccc1c23. The van der Waals surface area contributed by atoms with Crippen molar-refractivity contribution in [2.24, 2.45) is 0 Å². The van der Waals surface area contributed by atoms with Gasteiger partial charge in [-0.2, -0.15) is 0 Å². The predicted molar refractivity (Wildman–Crippen MR) is 196 cm³/mol. The highest BCUT2D eigenvalue weighted by atomic mass is 16.3. The van der Waals surface area contributed by atoms with Crippen molar-refractivity contribution >= 4 is 76.4 Å². The van der Waals surface area contributed by atoms with Crippen molar-refractivity contribution in [3.05, 3.63) is 164 Å². The van der Waals surface area contributed by atoms with Gasteiger partial charge in [0.2, 0.25) is 0 Å². The number of rotatable bonds is 3. The van der Waals surface area contributed by atoms with E-state index in [4.69, 9.17) is 4.42 Å². The van der Waals surface area contributed by atoms with Gasteiger partial charge in [0.05, 0.1) is 11.0 Å². The zero-order valence-corrected chi connectivity index (χ0v) is 25.0. The molecule has 0 unspecified atom stereocenters. The van der Waals surface area contributed by atoms with E-state index in [0.29, 0.717) is 0 Å². The average molecular weight is 586 g/mol. The van der Waals surface area contributed by atoms with Crippen LogP contribution >= 0.6 is 0 Å². The second-order valence-corrected chi connectivity index (χ2v) is 12.2. The fourth-order valence-electron chi connectivity index (χ4n) is 7.94. The largest absolute Gasteiger partial charge is 0.456 e. The maximum atomic E-state index is 6.25. The standard InChI is InChI=1S/C44H27NO/c1-3-10-29-26(2)30-15-9-16-32-31(19-20-33(29)42(30)32)27-11-8-12-28(25-27)45-38-17-6-4-13-36(38)43-34-22-24-41-44(35(34)21-23-39(43)45)37-14-5-7-18-40(37)46-41/h3-25H,1-2H2/b29-10+. The van der Waals surface area contributed by atoms with Crippen LogP contribution < -0.4 is 0 Å². The molecule has 2 heterocycles. The van der Waals surface area contributed by atoms with Crippen molar-refractivity contribution in [2.45, 2.75) is 0 Å². The number of hydrogen-bond acceptors (Lipinski definition) is 1. The lowest BCUT2D eigenvalue weighted by Gasteiger charge is -2.13. The Balaban J connectivity index is 1.23. The molecule has 0 spiro atoms. The van der Waals surface area contributed by atoms with Crippen LogP contribution in [-0.2, 0) is 0 Å². The highest BCUT2D eigenvalue weighted by Gasteiger charge is 2.24. The number of aromatic nitrogens is 1. The Bertz CT molecular complexity index is 2840. The molecule has 0 saturated heterocycles. The number of benzene rings is 7. The Morgan fingerprint density at radius 2 is 1.28 bits per heavy atom. The van der Waals surface area contributed by atoms with E-state index < -0.39 is 0 Å². The topological polar surface area (TPSA) is 18.1 Å². The van der Waals surface area contributed by atoms with Crippen molar-refractivity contribution in [2.75, 3.05) is 0 Å². The molecule has 2 aromatic heterocycles. The van der Waals surface area contributed by atoms with E-state index in [1.807, 2.05) is 18.2 Å². The molecule has 7 aromatic carbocycles. The number of fused-ring (bicyclic) bond motifs is 9. The van der Waals surface area contributed by atoms with Gasteiger partial charge in [0.15, 0.2) is 0 Å². The number of hydrogen-bond donors (Lipinski definition) is 0. The summed E-state index contributed by atoms with van der Waals surface area (Å²) in [5, 5.41) is 9.79. The first-order valence-electron chi connectivity index (χ1n) is 15.7. The van der Waals surface area contributed by atoms with Gasteiger partial charge in [0.1, 0.15) is 11.2 Å². The zero-order chi connectivity index (χ0) is 30.5. The van der Waals surface area contributed by atoms with E-state index in [1.165, 1.54) is 71.0 Å². The van der Waals surface area contributed by atoms with Gasteiger partial charge in [-0.1, -0.05) is 110 Å². The Hall–Kier alpha value is -6.12. The number of para-hydroxylation sites is 2. The third kappa shape index (κ3) is 3.25. The highest BCUT2D eigenvalue weighted by molar-refractivity contribution is 6.28. The summed E-state index contributed by atoms with van der Waals surface area (Å²) in [6.45, 7) is 8.37. The molecule has 0 atom stereocenters. The van der Waals surface area contributed by atoms with Gasteiger partial charge >= 0.3 is 0 Å². The maximum absolute atomic E-state index is 6.25. The van der Waals surface area contributed by atoms with Gasteiger partial charge in [-0.05, 0) is 97.4 Å². The first kappa shape index (κ1) is 25.2. The van der Waals surface area contributed by atoms with E-state index in [0.717, 1.165) is 33.4 Å². The Kier molecular flexibility index (Phi) is 5.05. The molecular weight excluding hydrogens is 558 g/mol. The predicted octanol–water partition coefficient (Wildman–Crippen LogP) is 12.3. The molecule has 2 heteroatoms. The molecule has 10 rings (SSSR count). The molecule has 0 fully saturated rings. The molecule has 9 aromatic rings. The summed E-state index contributed by atoms with van der Waals surface area (Å²) in [7, 11) is 0. The van der Waals surface area contributed by atoms with Gasteiger partial charge in [-0.15, -0.1) is 0 Å². The van der Waals surface area contributed by atoms with Gasteiger partial charge in [-0.25, -0.2) is 0 Å². The van der Waals surface area contributed by atoms with Crippen LogP contribution in [0.2, 0.25) is 0 Å². The number of allylic oxidation sites excluding steroid dienone is 4. The summed E-state index contributed by atoms with van der Waals surface area (Å²) in [5.74, 6) is 0. The molecule has 2 nitrogen and oxygen atoms in total. The molecule has 214 valence electrons. The number of furan rings is 1. The van der Waals surface area contributed by atoms with Crippen molar-refractivity contribution in [1.29, 1.82) is 0 Å². The van der Waals surface area contributed by atoms with Crippen LogP contribution in [0.15, 0.2) is 157 Å². The molecule has 0 aliphatic heterocycles.